The van der Waals surface area contributed by atoms with Crippen molar-refractivity contribution in [3.63, 3.8) is 0 Å². The largest absolute Gasteiger partial charge is 0.299 e. The van der Waals surface area contributed by atoms with Gasteiger partial charge in [0.1, 0.15) is 0 Å². The van der Waals surface area contributed by atoms with E-state index in [0.717, 1.165) is 22.6 Å². The van der Waals surface area contributed by atoms with Gasteiger partial charge in [0.05, 0.1) is 23.5 Å². The summed E-state index contributed by atoms with van der Waals surface area (Å²) in [6.45, 7) is 1.85. The molecule has 0 saturated carbocycles. The van der Waals surface area contributed by atoms with Crippen molar-refractivity contribution in [1.29, 1.82) is 0 Å². The zero-order chi connectivity index (χ0) is 15.1. The number of carbonyl (C=O) groups excluding carboxylic acids is 2. The van der Waals surface area contributed by atoms with Gasteiger partial charge >= 0.3 is 0 Å². The van der Waals surface area contributed by atoms with Crippen LogP contribution in [0.3, 0.4) is 0 Å². The Morgan fingerprint density at radius 2 is 1.90 bits per heavy atom. The van der Waals surface area contributed by atoms with Crippen LogP contribution in [-0.2, 0) is 11.3 Å². The van der Waals surface area contributed by atoms with Gasteiger partial charge in [-0.15, -0.1) is 0 Å². The summed E-state index contributed by atoms with van der Waals surface area (Å²) in [4.78, 5) is 29.1. The van der Waals surface area contributed by atoms with Gasteiger partial charge in [0, 0.05) is 12.3 Å². The molecule has 0 bridgehead atoms. The molecule has 1 aromatic carbocycles. The number of carbonyl (C=O) groups is 2. The lowest BCUT2D eigenvalue weighted by Gasteiger charge is -2.17. The first-order chi connectivity index (χ1) is 9.99. The molecule has 3 rings (SSSR count). The molecule has 4 nitrogen and oxygen atoms in total. The van der Waals surface area contributed by atoms with E-state index in [1.807, 2.05) is 13.0 Å². The molecule has 1 aliphatic heterocycles. The lowest BCUT2D eigenvalue weighted by Crippen LogP contribution is -2.29. The number of pyridine rings is 1. The van der Waals surface area contributed by atoms with Gasteiger partial charge in [-0.05, 0) is 24.6 Å². The Labute approximate surface area is 119 Å². The molecule has 0 fully saturated rings. The fourth-order valence-corrected chi connectivity index (χ4v) is 2.28. The van der Waals surface area contributed by atoms with Crippen molar-refractivity contribution in [2.45, 2.75) is 13.5 Å². The van der Waals surface area contributed by atoms with Gasteiger partial charge < -0.3 is 0 Å². The van der Waals surface area contributed by atoms with Crippen LogP contribution in [0.2, 0.25) is 0 Å². The second-order valence-electron chi connectivity index (χ2n) is 4.77. The Morgan fingerprint density at radius 1 is 1.19 bits per heavy atom. The van der Waals surface area contributed by atoms with Crippen molar-refractivity contribution in [3.05, 3.63) is 58.9 Å². The van der Waals surface area contributed by atoms with Gasteiger partial charge in [-0.2, -0.15) is 0 Å². The molecule has 1 amide bonds. The Kier molecular flexibility index (Phi) is 3.01. The van der Waals surface area contributed by atoms with Crippen molar-refractivity contribution in [3.8, 4) is 0 Å². The Hall–Kier alpha value is -2.63. The van der Waals surface area contributed by atoms with Crippen LogP contribution < -0.4 is 4.90 Å². The van der Waals surface area contributed by atoms with Crippen LogP contribution in [0, 0.1) is 18.6 Å². The van der Waals surface area contributed by atoms with Gasteiger partial charge in [0.2, 0.25) is 0 Å². The SMILES string of the molecule is Cc1cccnc1CN1C(=O)C(=O)c2cc(F)c(F)cc21. The number of ketones is 1. The van der Waals surface area contributed by atoms with E-state index in [-0.39, 0.29) is 17.8 Å². The molecule has 21 heavy (non-hydrogen) atoms. The van der Waals surface area contributed by atoms with E-state index in [0.29, 0.717) is 5.69 Å². The Morgan fingerprint density at radius 3 is 2.62 bits per heavy atom. The van der Waals surface area contributed by atoms with Gasteiger partial charge in [-0.3, -0.25) is 19.5 Å². The number of hydrogen-bond acceptors (Lipinski definition) is 3. The third-order valence-corrected chi connectivity index (χ3v) is 3.44. The van der Waals surface area contributed by atoms with Gasteiger partial charge in [-0.25, -0.2) is 8.78 Å². The molecule has 2 heterocycles. The Balaban J connectivity index is 2.06. The first-order valence-corrected chi connectivity index (χ1v) is 6.25. The number of nitrogens with zero attached hydrogens (tertiary/aromatic N) is 2. The molecule has 0 spiro atoms. The minimum Gasteiger partial charge on any atom is -0.299 e. The summed E-state index contributed by atoms with van der Waals surface area (Å²) in [7, 11) is 0. The number of aromatic nitrogens is 1. The van der Waals surface area contributed by atoms with Crippen LogP contribution in [0.25, 0.3) is 0 Å². The molecule has 0 N–H and O–H groups in total. The summed E-state index contributed by atoms with van der Waals surface area (Å²) in [6.07, 6.45) is 1.57. The highest BCUT2D eigenvalue weighted by atomic mass is 19.2. The summed E-state index contributed by atoms with van der Waals surface area (Å²) in [5.74, 6) is -3.89. The molecule has 1 aliphatic rings. The van der Waals surface area contributed by atoms with Crippen LogP contribution in [0.1, 0.15) is 21.6 Å². The van der Waals surface area contributed by atoms with E-state index >= 15 is 0 Å². The number of Topliss-reactive ketones (excluding diaryl/α,β-unsaturated/α-hetero) is 1. The molecule has 0 saturated heterocycles. The molecule has 6 heteroatoms. The van der Waals surface area contributed by atoms with Crippen molar-refractivity contribution in [2.24, 2.45) is 0 Å². The normalized spacial score (nSPS) is 13.8. The van der Waals surface area contributed by atoms with Crippen LogP contribution in [0.15, 0.2) is 30.5 Å². The highest BCUT2D eigenvalue weighted by Crippen LogP contribution is 2.32. The first-order valence-electron chi connectivity index (χ1n) is 6.25. The van der Waals surface area contributed by atoms with Gasteiger partial charge in [0.15, 0.2) is 11.6 Å². The molecular weight excluding hydrogens is 278 g/mol. The number of amides is 1. The van der Waals surface area contributed by atoms with E-state index in [4.69, 9.17) is 0 Å². The Bertz CT molecular complexity index is 774. The van der Waals surface area contributed by atoms with E-state index in [2.05, 4.69) is 4.98 Å². The van der Waals surface area contributed by atoms with Gasteiger partial charge in [0.25, 0.3) is 11.7 Å². The van der Waals surface area contributed by atoms with Crippen molar-refractivity contribution in [1.82, 2.24) is 4.98 Å². The number of rotatable bonds is 2. The van der Waals surface area contributed by atoms with E-state index < -0.39 is 23.3 Å². The smallest absolute Gasteiger partial charge is 0.299 e. The summed E-state index contributed by atoms with van der Waals surface area (Å²) < 4.78 is 26.6. The maximum Gasteiger partial charge on any atom is 0.299 e. The van der Waals surface area contributed by atoms with Crippen molar-refractivity contribution < 1.29 is 18.4 Å². The summed E-state index contributed by atoms with van der Waals surface area (Å²) in [6, 6.07) is 5.19. The molecular formula is C15H10F2N2O2. The quantitative estimate of drug-likeness (QED) is 0.797. The second-order valence-corrected chi connectivity index (χ2v) is 4.77. The van der Waals surface area contributed by atoms with E-state index in [1.165, 1.54) is 0 Å². The lowest BCUT2D eigenvalue weighted by atomic mass is 10.1. The zero-order valence-corrected chi connectivity index (χ0v) is 11.1. The molecule has 0 unspecified atom stereocenters. The average molecular weight is 288 g/mol. The van der Waals surface area contributed by atoms with Crippen LogP contribution in [0.4, 0.5) is 14.5 Å². The number of benzene rings is 1. The summed E-state index contributed by atoms with van der Waals surface area (Å²) in [5.41, 5.74) is 1.39. The lowest BCUT2D eigenvalue weighted by molar-refractivity contribution is -0.114. The van der Waals surface area contributed by atoms with E-state index in [1.54, 1.807) is 12.3 Å². The van der Waals surface area contributed by atoms with Crippen molar-refractivity contribution in [2.75, 3.05) is 4.90 Å². The fourth-order valence-electron chi connectivity index (χ4n) is 2.28. The fraction of sp³-hybridized carbons (Fsp3) is 0.133. The zero-order valence-electron chi connectivity index (χ0n) is 11.1. The first kappa shape index (κ1) is 13.4. The highest BCUT2D eigenvalue weighted by Gasteiger charge is 2.37. The standard InChI is InChI=1S/C15H10F2N2O2/c1-8-3-2-4-18-12(8)7-19-13-6-11(17)10(16)5-9(13)14(20)15(19)21/h2-6H,7H2,1H3. The number of fused-ring (bicyclic) bond motifs is 1. The maximum atomic E-state index is 13.4. The number of hydrogen-bond donors (Lipinski definition) is 0. The van der Waals surface area contributed by atoms with Crippen LogP contribution in [0.5, 0.6) is 0 Å². The van der Waals surface area contributed by atoms with E-state index in [9.17, 15) is 18.4 Å². The number of aryl methyl sites for hydroxylation is 1. The molecule has 1 aromatic heterocycles. The molecule has 0 aliphatic carbocycles. The minimum atomic E-state index is -1.15. The monoisotopic (exact) mass is 288 g/mol. The summed E-state index contributed by atoms with van der Waals surface area (Å²) in [5, 5.41) is 0. The third-order valence-electron chi connectivity index (χ3n) is 3.44. The average Bonchev–Trinajstić information content (AvgIpc) is 2.67. The second kappa shape index (κ2) is 4.73. The molecule has 0 atom stereocenters. The predicted octanol–water partition coefficient (Wildman–Crippen LogP) is 2.40. The molecule has 106 valence electrons. The van der Waals surface area contributed by atoms with Gasteiger partial charge in [-0.1, -0.05) is 6.07 Å². The van der Waals surface area contributed by atoms with Crippen molar-refractivity contribution >= 4 is 17.4 Å². The summed E-state index contributed by atoms with van der Waals surface area (Å²) >= 11 is 0. The highest BCUT2D eigenvalue weighted by molar-refractivity contribution is 6.52. The molecule has 0 radical (unpaired) electrons. The topological polar surface area (TPSA) is 50.3 Å². The minimum absolute atomic E-state index is 0.0370. The molecule has 2 aromatic rings. The number of anilines is 1. The van der Waals surface area contributed by atoms with Crippen LogP contribution >= 0.6 is 0 Å². The predicted molar refractivity (Wildman–Crippen MR) is 70.9 cm³/mol. The van der Waals surface area contributed by atoms with Crippen LogP contribution in [-0.4, -0.2) is 16.7 Å². The maximum absolute atomic E-state index is 13.4. The third kappa shape index (κ3) is 2.08. The number of halogens is 2.